The van der Waals surface area contributed by atoms with Crippen LogP contribution in [0.15, 0.2) is 24.3 Å². The van der Waals surface area contributed by atoms with Gasteiger partial charge in [-0.1, -0.05) is 31.9 Å². The average molecular weight is 293 g/mol. The molecule has 21 heavy (non-hydrogen) atoms. The predicted molar refractivity (Wildman–Crippen MR) is 83.6 cm³/mol. The van der Waals surface area contributed by atoms with Crippen LogP contribution >= 0.6 is 0 Å². The fourth-order valence-electron chi connectivity index (χ4n) is 2.79. The lowest BCUT2D eigenvalue weighted by molar-refractivity contribution is 0.0406. The highest BCUT2D eigenvalue weighted by atomic mass is 16.5. The van der Waals surface area contributed by atoms with E-state index in [4.69, 9.17) is 4.74 Å². The molecule has 2 rings (SSSR count). The zero-order valence-electron chi connectivity index (χ0n) is 12.8. The van der Waals surface area contributed by atoms with Crippen molar-refractivity contribution in [1.29, 1.82) is 0 Å². The number of hydrogen-bond acceptors (Lipinski definition) is 4. The molecule has 4 heteroatoms. The molecule has 0 aromatic heterocycles. The van der Waals surface area contributed by atoms with Gasteiger partial charge in [-0.05, 0) is 37.0 Å². The van der Waals surface area contributed by atoms with Crippen LogP contribution in [0.1, 0.15) is 38.2 Å². The largest absolute Gasteiger partial charge is 0.491 e. The van der Waals surface area contributed by atoms with Gasteiger partial charge in [0.2, 0.25) is 0 Å². The van der Waals surface area contributed by atoms with E-state index in [1.165, 1.54) is 5.56 Å². The van der Waals surface area contributed by atoms with Crippen LogP contribution in [0.5, 0.6) is 5.75 Å². The van der Waals surface area contributed by atoms with Crippen molar-refractivity contribution in [2.45, 2.75) is 50.7 Å². The lowest BCUT2D eigenvalue weighted by atomic mass is 10.0. The molecule has 0 aliphatic heterocycles. The van der Waals surface area contributed by atoms with E-state index >= 15 is 0 Å². The van der Waals surface area contributed by atoms with Gasteiger partial charge in [0.15, 0.2) is 0 Å². The van der Waals surface area contributed by atoms with E-state index in [9.17, 15) is 10.2 Å². The van der Waals surface area contributed by atoms with Crippen molar-refractivity contribution in [2.75, 3.05) is 19.7 Å². The van der Waals surface area contributed by atoms with Crippen molar-refractivity contribution in [1.82, 2.24) is 5.32 Å². The molecule has 0 amide bonds. The van der Waals surface area contributed by atoms with Crippen LogP contribution in [0.4, 0.5) is 0 Å². The lowest BCUT2D eigenvalue weighted by Crippen LogP contribution is -2.42. The van der Waals surface area contributed by atoms with Gasteiger partial charge < -0.3 is 20.3 Å². The fraction of sp³-hybridized carbons (Fsp3) is 0.647. The first-order chi connectivity index (χ1) is 10.1. The van der Waals surface area contributed by atoms with Gasteiger partial charge in [0.25, 0.3) is 0 Å². The van der Waals surface area contributed by atoms with Crippen LogP contribution < -0.4 is 10.1 Å². The standard InChI is InChI=1S/C17H27NO3/c1-2-14-6-5-7-16(10-14)21-12-15(19)11-18-13-17(20)8-3-4-9-17/h5-7,10,15,18-20H,2-4,8-9,11-13H2,1H3. The Labute approximate surface area is 127 Å². The summed E-state index contributed by atoms with van der Waals surface area (Å²) in [6.45, 7) is 3.36. The van der Waals surface area contributed by atoms with E-state index in [-0.39, 0.29) is 6.61 Å². The number of ether oxygens (including phenoxy) is 1. The molecule has 0 spiro atoms. The number of aryl methyl sites for hydroxylation is 1. The number of rotatable bonds is 8. The molecule has 1 aliphatic rings. The van der Waals surface area contributed by atoms with Crippen molar-refractivity contribution >= 4 is 0 Å². The van der Waals surface area contributed by atoms with E-state index in [2.05, 4.69) is 18.3 Å². The van der Waals surface area contributed by atoms with Crippen LogP contribution in [0.2, 0.25) is 0 Å². The first-order valence-electron chi connectivity index (χ1n) is 7.94. The van der Waals surface area contributed by atoms with Crippen LogP contribution in [-0.2, 0) is 6.42 Å². The van der Waals surface area contributed by atoms with Gasteiger partial charge in [0.1, 0.15) is 18.5 Å². The van der Waals surface area contributed by atoms with Crippen LogP contribution in [0.25, 0.3) is 0 Å². The monoisotopic (exact) mass is 293 g/mol. The van der Waals surface area contributed by atoms with E-state index < -0.39 is 11.7 Å². The maximum Gasteiger partial charge on any atom is 0.119 e. The minimum absolute atomic E-state index is 0.262. The SMILES string of the molecule is CCc1cccc(OCC(O)CNCC2(O)CCCC2)c1. The Morgan fingerprint density at radius 1 is 1.33 bits per heavy atom. The number of nitrogens with one attached hydrogen (secondary N) is 1. The van der Waals surface area contributed by atoms with Gasteiger partial charge in [-0.15, -0.1) is 0 Å². The summed E-state index contributed by atoms with van der Waals surface area (Å²) in [6, 6.07) is 7.93. The molecule has 1 aromatic carbocycles. The highest BCUT2D eigenvalue weighted by Crippen LogP contribution is 2.28. The van der Waals surface area contributed by atoms with E-state index in [1.807, 2.05) is 18.2 Å². The van der Waals surface area contributed by atoms with Crippen molar-refractivity contribution in [3.05, 3.63) is 29.8 Å². The Bertz CT molecular complexity index is 430. The molecule has 0 bridgehead atoms. The first kappa shape index (κ1) is 16.3. The minimum atomic E-state index is -0.573. The molecule has 1 atom stereocenters. The van der Waals surface area contributed by atoms with E-state index in [0.29, 0.717) is 13.1 Å². The van der Waals surface area contributed by atoms with Crippen LogP contribution in [-0.4, -0.2) is 41.6 Å². The molecule has 0 radical (unpaired) electrons. The number of hydrogen-bond donors (Lipinski definition) is 3. The maximum atomic E-state index is 10.2. The summed E-state index contributed by atoms with van der Waals surface area (Å²) < 4.78 is 5.61. The second-order valence-electron chi connectivity index (χ2n) is 6.03. The molecular formula is C17H27NO3. The second-order valence-corrected chi connectivity index (χ2v) is 6.03. The quantitative estimate of drug-likeness (QED) is 0.685. The first-order valence-corrected chi connectivity index (χ1v) is 7.94. The van der Waals surface area contributed by atoms with Crippen molar-refractivity contribution in [2.24, 2.45) is 0 Å². The molecule has 0 saturated heterocycles. The normalized spacial score (nSPS) is 18.6. The van der Waals surface area contributed by atoms with Crippen LogP contribution in [0.3, 0.4) is 0 Å². The molecule has 118 valence electrons. The molecule has 1 saturated carbocycles. The molecular weight excluding hydrogens is 266 g/mol. The molecule has 1 fully saturated rings. The number of benzene rings is 1. The Kier molecular flexibility index (Phi) is 6.03. The van der Waals surface area contributed by atoms with E-state index in [1.54, 1.807) is 0 Å². The van der Waals surface area contributed by atoms with Gasteiger partial charge in [0.05, 0.1) is 5.60 Å². The molecule has 4 nitrogen and oxygen atoms in total. The molecule has 3 N–H and O–H groups in total. The van der Waals surface area contributed by atoms with Gasteiger partial charge in [-0.2, -0.15) is 0 Å². The van der Waals surface area contributed by atoms with E-state index in [0.717, 1.165) is 37.9 Å². The summed E-state index contributed by atoms with van der Waals surface area (Å²) >= 11 is 0. The molecule has 1 aliphatic carbocycles. The Balaban J connectivity index is 1.66. The third-order valence-electron chi connectivity index (χ3n) is 4.12. The fourth-order valence-corrected chi connectivity index (χ4v) is 2.79. The summed E-state index contributed by atoms with van der Waals surface area (Å²) in [5.74, 6) is 0.794. The summed E-state index contributed by atoms with van der Waals surface area (Å²) in [6.07, 6.45) is 4.31. The second kappa shape index (κ2) is 7.78. The average Bonchev–Trinajstić information content (AvgIpc) is 2.92. The number of aliphatic hydroxyl groups is 2. The minimum Gasteiger partial charge on any atom is -0.491 e. The van der Waals surface area contributed by atoms with Crippen molar-refractivity contribution in [3.63, 3.8) is 0 Å². The Morgan fingerprint density at radius 3 is 2.81 bits per heavy atom. The zero-order chi connectivity index (χ0) is 15.1. The molecule has 1 aromatic rings. The lowest BCUT2D eigenvalue weighted by Gasteiger charge is -2.23. The summed E-state index contributed by atoms with van der Waals surface area (Å²) in [5, 5.41) is 23.3. The summed E-state index contributed by atoms with van der Waals surface area (Å²) in [5.41, 5.74) is 0.652. The number of aliphatic hydroxyl groups excluding tert-OH is 1. The Morgan fingerprint density at radius 2 is 2.10 bits per heavy atom. The van der Waals surface area contributed by atoms with Crippen molar-refractivity contribution in [3.8, 4) is 5.75 Å². The molecule has 1 unspecified atom stereocenters. The van der Waals surface area contributed by atoms with Gasteiger partial charge in [-0.3, -0.25) is 0 Å². The summed E-state index contributed by atoms with van der Waals surface area (Å²) in [4.78, 5) is 0. The van der Waals surface area contributed by atoms with Crippen molar-refractivity contribution < 1.29 is 14.9 Å². The topological polar surface area (TPSA) is 61.7 Å². The predicted octanol–water partition coefficient (Wildman–Crippen LogP) is 1.88. The maximum absolute atomic E-state index is 10.2. The highest BCUT2D eigenvalue weighted by molar-refractivity contribution is 5.28. The zero-order valence-corrected chi connectivity index (χ0v) is 12.8. The summed E-state index contributed by atoms with van der Waals surface area (Å²) in [7, 11) is 0. The Hall–Kier alpha value is -1.10. The molecule has 0 heterocycles. The third-order valence-corrected chi connectivity index (χ3v) is 4.12. The van der Waals surface area contributed by atoms with Gasteiger partial charge >= 0.3 is 0 Å². The van der Waals surface area contributed by atoms with Gasteiger partial charge in [-0.25, -0.2) is 0 Å². The van der Waals surface area contributed by atoms with Gasteiger partial charge in [0, 0.05) is 13.1 Å². The smallest absolute Gasteiger partial charge is 0.119 e. The van der Waals surface area contributed by atoms with Crippen LogP contribution in [0, 0.1) is 0 Å². The highest BCUT2D eigenvalue weighted by Gasteiger charge is 2.30. The third kappa shape index (κ3) is 5.30.